The number of carbonyl (C=O) groups excluding carboxylic acids is 2. The summed E-state index contributed by atoms with van der Waals surface area (Å²) >= 11 is 0. The molecule has 2 amide bonds. The molecule has 0 spiro atoms. The van der Waals surface area contributed by atoms with Gasteiger partial charge in [-0.1, -0.05) is 29.8 Å². The van der Waals surface area contributed by atoms with Gasteiger partial charge in [0.25, 0.3) is 11.8 Å². The highest BCUT2D eigenvalue weighted by molar-refractivity contribution is 5.95. The van der Waals surface area contributed by atoms with Crippen molar-refractivity contribution < 1.29 is 9.59 Å². The molecule has 0 heterocycles. The van der Waals surface area contributed by atoms with Crippen molar-refractivity contribution in [3.8, 4) is 0 Å². The molecule has 0 aromatic heterocycles. The number of nitrogens with one attached hydrogen (secondary N) is 2. The van der Waals surface area contributed by atoms with Crippen LogP contribution in [0.3, 0.4) is 0 Å². The van der Waals surface area contributed by atoms with E-state index in [1.165, 1.54) is 0 Å². The molecule has 0 saturated carbocycles. The van der Waals surface area contributed by atoms with Crippen molar-refractivity contribution in [3.63, 3.8) is 0 Å². The highest BCUT2D eigenvalue weighted by Gasteiger charge is 2.07. The van der Waals surface area contributed by atoms with Gasteiger partial charge in [-0.05, 0) is 49.7 Å². The second-order valence-corrected chi connectivity index (χ2v) is 5.65. The molecule has 0 saturated heterocycles. The summed E-state index contributed by atoms with van der Waals surface area (Å²) in [6.07, 6.45) is 0.759. The molecule has 4 N–H and O–H groups in total. The van der Waals surface area contributed by atoms with E-state index in [2.05, 4.69) is 10.6 Å². The molecule has 0 aliphatic carbocycles. The second kappa shape index (κ2) is 8.84. The van der Waals surface area contributed by atoms with Crippen molar-refractivity contribution >= 4 is 11.8 Å². The van der Waals surface area contributed by atoms with E-state index >= 15 is 0 Å². The third kappa shape index (κ3) is 5.21. The summed E-state index contributed by atoms with van der Waals surface area (Å²) in [6.45, 7) is 3.50. The van der Waals surface area contributed by atoms with Crippen molar-refractivity contribution in [1.82, 2.24) is 10.6 Å². The Kier molecular flexibility index (Phi) is 6.51. The van der Waals surface area contributed by atoms with Crippen LogP contribution in [0.15, 0.2) is 48.5 Å². The fourth-order valence-corrected chi connectivity index (χ4v) is 2.25. The molecule has 0 fully saturated rings. The van der Waals surface area contributed by atoms with Crippen LogP contribution in [0.4, 0.5) is 0 Å². The predicted octanol–water partition coefficient (Wildman–Crippen LogP) is 2.00. The lowest BCUT2D eigenvalue weighted by Crippen LogP contribution is -2.26. The summed E-state index contributed by atoms with van der Waals surface area (Å²) in [5, 5.41) is 5.69. The smallest absolute Gasteiger partial charge is 0.251 e. The number of nitrogens with two attached hydrogens (primary N) is 1. The quantitative estimate of drug-likeness (QED) is 0.681. The number of rotatable bonds is 7. The van der Waals surface area contributed by atoms with Gasteiger partial charge in [-0.2, -0.15) is 0 Å². The van der Waals surface area contributed by atoms with Gasteiger partial charge in [0.15, 0.2) is 0 Å². The number of hydrogen-bond acceptors (Lipinski definition) is 3. The fourth-order valence-electron chi connectivity index (χ4n) is 2.25. The van der Waals surface area contributed by atoms with Crippen LogP contribution in [0.5, 0.6) is 0 Å². The van der Waals surface area contributed by atoms with Crippen molar-refractivity contribution in [2.75, 3.05) is 13.1 Å². The van der Waals surface area contributed by atoms with Gasteiger partial charge in [0.05, 0.1) is 0 Å². The lowest BCUT2D eigenvalue weighted by Gasteiger charge is -2.08. The van der Waals surface area contributed by atoms with Crippen molar-refractivity contribution in [1.29, 1.82) is 0 Å². The Morgan fingerprint density at radius 2 is 1.67 bits per heavy atom. The topological polar surface area (TPSA) is 84.2 Å². The first-order valence-electron chi connectivity index (χ1n) is 8.02. The van der Waals surface area contributed by atoms with E-state index in [9.17, 15) is 9.59 Å². The first-order chi connectivity index (χ1) is 11.6. The number of benzene rings is 2. The first kappa shape index (κ1) is 17.7. The Hall–Kier alpha value is -2.66. The molecular weight excluding hydrogens is 302 g/mol. The zero-order valence-electron chi connectivity index (χ0n) is 13.8. The molecule has 5 heteroatoms. The van der Waals surface area contributed by atoms with Crippen LogP contribution >= 0.6 is 0 Å². The van der Waals surface area contributed by atoms with E-state index in [0.29, 0.717) is 30.8 Å². The molecule has 0 aliphatic heterocycles. The molecule has 2 rings (SSSR count). The van der Waals surface area contributed by atoms with Crippen LogP contribution in [-0.4, -0.2) is 24.9 Å². The molecule has 126 valence electrons. The number of hydrogen-bond donors (Lipinski definition) is 3. The monoisotopic (exact) mass is 325 g/mol. The fraction of sp³-hybridized carbons (Fsp3) is 0.263. The van der Waals surface area contributed by atoms with E-state index in [1.54, 1.807) is 18.2 Å². The highest BCUT2D eigenvalue weighted by atomic mass is 16.2. The number of carbonyl (C=O) groups is 2. The van der Waals surface area contributed by atoms with Crippen molar-refractivity contribution in [2.45, 2.75) is 19.9 Å². The normalized spacial score (nSPS) is 10.2. The summed E-state index contributed by atoms with van der Waals surface area (Å²) in [7, 11) is 0. The summed E-state index contributed by atoms with van der Waals surface area (Å²) in [6, 6.07) is 14.7. The summed E-state index contributed by atoms with van der Waals surface area (Å²) in [4.78, 5) is 24.0. The Balaban J connectivity index is 1.87. The minimum atomic E-state index is -0.112. The third-order valence-electron chi connectivity index (χ3n) is 3.62. The van der Waals surface area contributed by atoms with Gasteiger partial charge >= 0.3 is 0 Å². The van der Waals surface area contributed by atoms with Gasteiger partial charge in [0.1, 0.15) is 0 Å². The van der Waals surface area contributed by atoms with Crippen LogP contribution in [-0.2, 0) is 6.54 Å². The average molecular weight is 325 g/mol. The molecule has 0 bridgehead atoms. The zero-order chi connectivity index (χ0) is 17.4. The SMILES string of the molecule is Cc1cccc(C(=O)NCc2ccc(C(=O)NCCCN)cc2)c1. The molecule has 0 aliphatic rings. The van der Waals surface area contributed by atoms with Crippen LogP contribution in [0.2, 0.25) is 0 Å². The Bertz CT molecular complexity index is 696. The van der Waals surface area contributed by atoms with Gasteiger partial charge in [-0.3, -0.25) is 9.59 Å². The maximum Gasteiger partial charge on any atom is 0.251 e. The second-order valence-electron chi connectivity index (χ2n) is 5.65. The van der Waals surface area contributed by atoms with Crippen LogP contribution in [0.25, 0.3) is 0 Å². The Morgan fingerprint density at radius 1 is 0.958 bits per heavy atom. The van der Waals surface area contributed by atoms with E-state index in [4.69, 9.17) is 5.73 Å². The van der Waals surface area contributed by atoms with Gasteiger partial charge < -0.3 is 16.4 Å². The molecule has 5 nitrogen and oxygen atoms in total. The molecule has 0 atom stereocenters. The standard InChI is InChI=1S/C19H23N3O2/c1-14-4-2-5-17(12-14)19(24)22-13-15-6-8-16(9-7-15)18(23)21-11-3-10-20/h2,4-9,12H,3,10-11,13,20H2,1H3,(H,21,23)(H,22,24). The molecule has 24 heavy (non-hydrogen) atoms. The predicted molar refractivity (Wildman–Crippen MR) is 94.8 cm³/mol. The number of amides is 2. The van der Waals surface area contributed by atoms with Gasteiger partial charge in [-0.25, -0.2) is 0 Å². The lowest BCUT2D eigenvalue weighted by atomic mass is 10.1. The van der Waals surface area contributed by atoms with Crippen molar-refractivity contribution in [2.24, 2.45) is 5.73 Å². The first-order valence-corrected chi connectivity index (χ1v) is 8.02. The Labute approximate surface area is 142 Å². The Morgan fingerprint density at radius 3 is 2.33 bits per heavy atom. The van der Waals surface area contributed by atoms with Crippen LogP contribution in [0.1, 0.15) is 38.3 Å². The van der Waals surface area contributed by atoms with E-state index in [1.807, 2.05) is 37.3 Å². The maximum atomic E-state index is 12.1. The van der Waals surface area contributed by atoms with E-state index in [0.717, 1.165) is 17.5 Å². The van der Waals surface area contributed by atoms with Gasteiger partial charge in [0.2, 0.25) is 0 Å². The zero-order valence-corrected chi connectivity index (χ0v) is 13.8. The largest absolute Gasteiger partial charge is 0.352 e. The van der Waals surface area contributed by atoms with E-state index < -0.39 is 0 Å². The van der Waals surface area contributed by atoms with Crippen molar-refractivity contribution in [3.05, 3.63) is 70.8 Å². The highest BCUT2D eigenvalue weighted by Crippen LogP contribution is 2.07. The molecular formula is C19H23N3O2. The summed E-state index contributed by atoms with van der Waals surface area (Å²) in [5.74, 6) is -0.221. The third-order valence-corrected chi connectivity index (χ3v) is 3.62. The minimum absolute atomic E-state index is 0.109. The van der Waals surface area contributed by atoms with Crippen LogP contribution in [0, 0.1) is 6.92 Å². The molecule has 2 aromatic rings. The molecule has 0 radical (unpaired) electrons. The van der Waals surface area contributed by atoms with Gasteiger partial charge in [0, 0.05) is 24.2 Å². The average Bonchev–Trinajstić information content (AvgIpc) is 2.60. The van der Waals surface area contributed by atoms with Gasteiger partial charge in [-0.15, -0.1) is 0 Å². The molecule has 0 unspecified atom stereocenters. The minimum Gasteiger partial charge on any atom is -0.352 e. The van der Waals surface area contributed by atoms with E-state index in [-0.39, 0.29) is 11.8 Å². The lowest BCUT2D eigenvalue weighted by molar-refractivity contribution is 0.0943. The number of aryl methyl sites for hydroxylation is 1. The van der Waals surface area contributed by atoms with Crippen LogP contribution < -0.4 is 16.4 Å². The summed E-state index contributed by atoms with van der Waals surface area (Å²) < 4.78 is 0. The molecule has 2 aromatic carbocycles. The summed E-state index contributed by atoms with van der Waals surface area (Å²) in [5.41, 5.74) is 8.63. The maximum absolute atomic E-state index is 12.1.